The van der Waals surface area contributed by atoms with E-state index in [4.69, 9.17) is 14.2 Å². The molecule has 0 aliphatic rings. The fraction of sp³-hybridized carbons (Fsp3) is 0.474. The predicted molar refractivity (Wildman–Crippen MR) is 102 cm³/mol. The van der Waals surface area contributed by atoms with E-state index in [1.165, 1.54) is 11.3 Å². The zero-order valence-corrected chi connectivity index (χ0v) is 16.5. The molecule has 0 aliphatic carbocycles. The molecule has 0 bridgehead atoms. The van der Waals surface area contributed by atoms with Crippen LogP contribution in [0, 0.1) is 5.92 Å². The largest absolute Gasteiger partial charge is 0.497 e. The van der Waals surface area contributed by atoms with Crippen molar-refractivity contribution in [2.75, 3.05) is 27.4 Å². The molecule has 0 N–H and O–H groups in total. The molecule has 1 amide bonds. The number of nitrogens with zero attached hydrogens (tertiary/aromatic N) is 2. The van der Waals surface area contributed by atoms with E-state index in [1.807, 2.05) is 43.5 Å². The van der Waals surface area contributed by atoms with Gasteiger partial charge < -0.3 is 19.1 Å². The lowest BCUT2D eigenvalue weighted by atomic mass is 10.2. The maximum atomic E-state index is 12.3. The number of carbonyl (C=O) groups is 1. The van der Waals surface area contributed by atoms with Gasteiger partial charge in [-0.3, -0.25) is 4.79 Å². The Labute approximate surface area is 158 Å². The zero-order valence-electron chi connectivity index (χ0n) is 15.7. The first kappa shape index (κ1) is 20.2. The average Bonchev–Trinajstić information content (AvgIpc) is 3.10. The molecule has 1 heterocycles. The van der Waals surface area contributed by atoms with Crippen molar-refractivity contribution < 1.29 is 19.0 Å². The van der Waals surface area contributed by atoms with Gasteiger partial charge in [0.05, 0.1) is 26.0 Å². The van der Waals surface area contributed by atoms with Gasteiger partial charge >= 0.3 is 0 Å². The van der Waals surface area contributed by atoms with Crippen LogP contribution >= 0.6 is 11.3 Å². The molecule has 0 saturated carbocycles. The quantitative estimate of drug-likeness (QED) is 0.634. The van der Waals surface area contributed by atoms with E-state index in [1.54, 1.807) is 19.1 Å². The van der Waals surface area contributed by atoms with E-state index in [0.29, 0.717) is 26.3 Å². The Kier molecular flexibility index (Phi) is 7.87. The molecule has 0 aliphatic heterocycles. The minimum Gasteiger partial charge on any atom is -0.497 e. The van der Waals surface area contributed by atoms with Gasteiger partial charge in [0.1, 0.15) is 23.1 Å². The maximum Gasteiger partial charge on any atom is 0.225 e. The minimum atomic E-state index is -0.0524. The summed E-state index contributed by atoms with van der Waals surface area (Å²) in [4.78, 5) is 18.7. The molecule has 1 aromatic carbocycles. The SMILES string of the molecule is COCCN(Cc1csc(COc2ccc(OC)cc2)n1)C(=O)C(C)C. The number of hydrogen-bond donors (Lipinski definition) is 0. The van der Waals surface area contributed by atoms with Crippen molar-refractivity contribution in [1.29, 1.82) is 0 Å². The summed E-state index contributed by atoms with van der Waals surface area (Å²) < 4.78 is 16.0. The summed E-state index contributed by atoms with van der Waals surface area (Å²) in [7, 11) is 3.27. The predicted octanol–water partition coefficient (Wildman–Crippen LogP) is 3.36. The Balaban J connectivity index is 1.93. The van der Waals surface area contributed by atoms with E-state index in [-0.39, 0.29) is 11.8 Å². The minimum absolute atomic E-state index is 0.0524. The maximum absolute atomic E-state index is 12.3. The van der Waals surface area contributed by atoms with E-state index >= 15 is 0 Å². The van der Waals surface area contributed by atoms with Crippen molar-refractivity contribution in [3.05, 3.63) is 40.3 Å². The summed E-state index contributed by atoms with van der Waals surface area (Å²) in [6, 6.07) is 7.43. The second kappa shape index (κ2) is 10.1. The fourth-order valence-electron chi connectivity index (χ4n) is 2.33. The number of hydrogen-bond acceptors (Lipinski definition) is 6. The van der Waals surface area contributed by atoms with Gasteiger partial charge in [-0.25, -0.2) is 4.98 Å². The van der Waals surface area contributed by atoms with Crippen LogP contribution in [0.4, 0.5) is 0 Å². The number of rotatable bonds is 10. The van der Waals surface area contributed by atoms with Gasteiger partial charge in [0.2, 0.25) is 5.91 Å². The molecule has 26 heavy (non-hydrogen) atoms. The topological polar surface area (TPSA) is 60.9 Å². The molecule has 2 rings (SSSR count). The Bertz CT molecular complexity index is 685. The molecule has 1 aromatic heterocycles. The molecule has 0 radical (unpaired) electrons. The van der Waals surface area contributed by atoms with Crippen LogP contribution in [0.1, 0.15) is 24.5 Å². The van der Waals surface area contributed by atoms with Gasteiger partial charge in [0.15, 0.2) is 0 Å². The van der Waals surface area contributed by atoms with Crippen molar-refractivity contribution in [3.63, 3.8) is 0 Å². The van der Waals surface area contributed by atoms with Crippen molar-refractivity contribution in [1.82, 2.24) is 9.88 Å². The summed E-state index contributed by atoms with van der Waals surface area (Å²) in [5, 5.41) is 2.85. The summed E-state index contributed by atoms with van der Waals surface area (Å²) >= 11 is 1.53. The highest BCUT2D eigenvalue weighted by Gasteiger charge is 2.18. The number of thiazole rings is 1. The first-order chi connectivity index (χ1) is 12.5. The molecular weight excluding hydrogens is 352 g/mol. The zero-order chi connectivity index (χ0) is 18.9. The van der Waals surface area contributed by atoms with Gasteiger partial charge in [-0.2, -0.15) is 0 Å². The molecule has 0 spiro atoms. The third-order valence-corrected chi connectivity index (χ3v) is 4.62. The summed E-state index contributed by atoms with van der Waals surface area (Å²) in [6.45, 7) is 5.75. The molecule has 0 atom stereocenters. The normalized spacial score (nSPS) is 10.8. The molecule has 7 heteroatoms. The van der Waals surface area contributed by atoms with Crippen LogP contribution < -0.4 is 9.47 Å². The molecule has 142 valence electrons. The number of benzene rings is 1. The highest BCUT2D eigenvalue weighted by molar-refractivity contribution is 7.09. The van der Waals surface area contributed by atoms with E-state index in [2.05, 4.69) is 4.98 Å². The van der Waals surface area contributed by atoms with E-state index in [9.17, 15) is 4.79 Å². The summed E-state index contributed by atoms with van der Waals surface area (Å²) in [6.07, 6.45) is 0. The number of ether oxygens (including phenoxy) is 3. The van der Waals surface area contributed by atoms with E-state index < -0.39 is 0 Å². The Morgan fingerprint density at radius 3 is 2.50 bits per heavy atom. The van der Waals surface area contributed by atoms with Crippen LogP contribution in [0.2, 0.25) is 0 Å². The van der Waals surface area contributed by atoms with Crippen LogP contribution in [0.3, 0.4) is 0 Å². The monoisotopic (exact) mass is 378 g/mol. The lowest BCUT2D eigenvalue weighted by molar-refractivity contribution is -0.135. The van der Waals surface area contributed by atoms with Crippen LogP contribution in [-0.4, -0.2) is 43.2 Å². The number of aromatic nitrogens is 1. The lowest BCUT2D eigenvalue weighted by Gasteiger charge is -2.23. The molecule has 0 saturated heterocycles. The van der Waals surface area contributed by atoms with Crippen molar-refractivity contribution in [3.8, 4) is 11.5 Å². The molecule has 0 fully saturated rings. The van der Waals surface area contributed by atoms with Gasteiger partial charge in [-0.05, 0) is 24.3 Å². The smallest absolute Gasteiger partial charge is 0.225 e. The first-order valence-corrected chi connectivity index (χ1v) is 9.39. The second-order valence-corrected chi connectivity index (χ2v) is 7.05. The number of carbonyl (C=O) groups excluding carboxylic acids is 1. The Morgan fingerprint density at radius 1 is 1.19 bits per heavy atom. The van der Waals surface area contributed by atoms with Crippen LogP contribution in [0.15, 0.2) is 29.6 Å². The highest BCUT2D eigenvalue weighted by Crippen LogP contribution is 2.20. The fourth-order valence-corrected chi connectivity index (χ4v) is 3.03. The average molecular weight is 378 g/mol. The van der Waals surface area contributed by atoms with Crippen LogP contribution in [0.25, 0.3) is 0 Å². The first-order valence-electron chi connectivity index (χ1n) is 8.51. The lowest BCUT2D eigenvalue weighted by Crippen LogP contribution is -2.36. The van der Waals surface area contributed by atoms with Crippen molar-refractivity contribution in [2.24, 2.45) is 5.92 Å². The van der Waals surface area contributed by atoms with Gasteiger partial charge in [-0.1, -0.05) is 13.8 Å². The van der Waals surface area contributed by atoms with E-state index in [0.717, 1.165) is 22.2 Å². The summed E-state index contributed by atoms with van der Waals surface area (Å²) in [5.74, 6) is 1.61. The van der Waals surface area contributed by atoms with Crippen molar-refractivity contribution >= 4 is 17.2 Å². The van der Waals surface area contributed by atoms with Crippen LogP contribution in [-0.2, 0) is 22.7 Å². The van der Waals surface area contributed by atoms with Gasteiger partial charge in [-0.15, -0.1) is 11.3 Å². The molecule has 2 aromatic rings. The number of amides is 1. The molecule has 0 unspecified atom stereocenters. The Morgan fingerprint density at radius 2 is 1.88 bits per heavy atom. The highest BCUT2D eigenvalue weighted by atomic mass is 32.1. The van der Waals surface area contributed by atoms with Gasteiger partial charge in [0, 0.05) is 25.0 Å². The van der Waals surface area contributed by atoms with Crippen molar-refractivity contribution in [2.45, 2.75) is 27.0 Å². The third-order valence-electron chi connectivity index (χ3n) is 3.74. The molecule has 6 nitrogen and oxygen atoms in total. The summed E-state index contributed by atoms with van der Waals surface area (Å²) in [5.41, 5.74) is 0.869. The number of methoxy groups -OCH3 is 2. The van der Waals surface area contributed by atoms with Crippen LogP contribution in [0.5, 0.6) is 11.5 Å². The third kappa shape index (κ3) is 6.00. The Hall–Kier alpha value is -2.12. The van der Waals surface area contributed by atoms with Gasteiger partial charge in [0.25, 0.3) is 0 Å². The molecular formula is C19H26N2O4S. The standard InChI is InChI=1S/C19H26N2O4S/c1-14(2)19(22)21(9-10-23-3)11-15-13-26-18(20-15)12-25-17-7-5-16(24-4)6-8-17/h5-8,13-14H,9-12H2,1-4H3. The second-order valence-electron chi connectivity index (χ2n) is 6.10.